The molecule has 0 fully saturated rings. The van der Waals surface area contributed by atoms with Crippen LogP contribution >= 0.6 is 0 Å². The molecule has 0 N–H and O–H groups in total. The van der Waals surface area contributed by atoms with Gasteiger partial charge in [-0.3, -0.25) is 0 Å². The van der Waals surface area contributed by atoms with Crippen LogP contribution in [0.3, 0.4) is 0 Å². The Labute approximate surface area is 117 Å². The van der Waals surface area contributed by atoms with Crippen molar-refractivity contribution in [3.63, 3.8) is 0 Å². The molecule has 0 aliphatic heterocycles. The summed E-state index contributed by atoms with van der Waals surface area (Å²) in [6.45, 7) is -0.656. The van der Waals surface area contributed by atoms with E-state index < -0.39 is 45.0 Å². The molecule has 0 amide bonds. The highest BCUT2D eigenvalue weighted by Crippen LogP contribution is 2.55. The summed E-state index contributed by atoms with van der Waals surface area (Å²) in [4.78, 5) is 0. The second-order valence-corrected chi connectivity index (χ2v) is 6.17. The lowest BCUT2D eigenvalue weighted by Gasteiger charge is -2.40. The van der Waals surface area contributed by atoms with Gasteiger partial charge >= 0.3 is 23.3 Å². The molecule has 22 heavy (non-hydrogen) atoms. The second kappa shape index (κ2) is 5.11. The van der Waals surface area contributed by atoms with Crippen LogP contribution in [0.25, 0.3) is 0 Å². The molecule has 0 aromatic rings. The molecule has 1 unspecified atom stereocenters. The smallest absolute Gasteiger partial charge is 0.402 e. The summed E-state index contributed by atoms with van der Waals surface area (Å²) < 4.78 is 158. The van der Waals surface area contributed by atoms with Crippen molar-refractivity contribution >= 4 is 10.1 Å². The zero-order chi connectivity index (χ0) is 18.6. The molecule has 0 rings (SSSR count). The van der Waals surface area contributed by atoms with E-state index >= 15 is 0 Å². The molecule has 0 saturated heterocycles. The molecule has 134 valence electrons. The maximum atomic E-state index is 13.3. The average Bonchev–Trinajstić information content (AvgIpc) is 2.24. The minimum atomic E-state index is -7.42. The van der Waals surface area contributed by atoms with Crippen LogP contribution in [0.1, 0.15) is 13.8 Å². The highest BCUT2D eigenvalue weighted by Gasteiger charge is 2.80. The fraction of sp³-hybridized carbons (Fsp3) is 1.00. The van der Waals surface area contributed by atoms with E-state index in [-0.39, 0.29) is 13.8 Å². The zero-order valence-electron chi connectivity index (χ0n) is 10.5. The monoisotopic (exact) mass is 373 g/mol. The molecule has 0 bridgehead atoms. The van der Waals surface area contributed by atoms with Gasteiger partial charge in [-0.05, 0) is 13.8 Å². The summed E-state index contributed by atoms with van der Waals surface area (Å²) in [5.41, 5.74) is -4.25. The third-order valence-corrected chi connectivity index (χ3v) is 3.67. The maximum absolute atomic E-state index is 13.3. The highest BCUT2D eigenvalue weighted by molar-refractivity contribution is 7.86. The fourth-order valence-corrected chi connectivity index (χ4v) is 1.56. The van der Waals surface area contributed by atoms with E-state index in [4.69, 9.17) is 0 Å². The van der Waals surface area contributed by atoms with Gasteiger partial charge in [-0.1, -0.05) is 0 Å². The van der Waals surface area contributed by atoms with Crippen molar-refractivity contribution in [3.8, 4) is 0 Å². The molecule has 14 heteroatoms. The Morgan fingerprint density at radius 1 is 0.864 bits per heavy atom. The van der Waals surface area contributed by atoms with Crippen molar-refractivity contribution < 1.29 is 56.9 Å². The number of hydrogen-bond donors (Lipinski definition) is 0. The predicted molar refractivity (Wildman–Crippen MR) is 49.3 cm³/mol. The Bertz CT molecular complexity index is 521. The third kappa shape index (κ3) is 2.86. The van der Waals surface area contributed by atoms with Gasteiger partial charge in [-0.15, -0.1) is 0 Å². The molecule has 0 aromatic carbocycles. The molecular formula is C8H7F10O3S-. The molecule has 0 heterocycles. The Balaban J connectivity index is 6.15. The lowest BCUT2D eigenvalue weighted by Crippen LogP contribution is -2.64. The lowest BCUT2D eigenvalue weighted by atomic mass is 9.81. The van der Waals surface area contributed by atoms with Crippen molar-refractivity contribution in [2.24, 2.45) is 5.41 Å². The van der Waals surface area contributed by atoms with E-state index in [1.165, 1.54) is 0 Å². The summed E-state index contributed by atoms with van der Waals surface area (Å²) in [5.74, 6) is -14.0. The number of rotatable bonds is 5. The van der Waals surface area contributed by atoms with Crippen LogP contribution in [0, 0.1) is 5.41 Å². The number of halogens is 10. The van der Waals surface area contributed by atoms with Gasteiger partial charge in [0.25, 0.3) is 0 Å². The first-order valence-electron chi connectivity index (χ1n) is 4.95. The van der Waals surface area contributed by atoms with Crippen LogP contribution in [0.2, 0.25) is 0 Å². The standard InChI is InChI=1S/C8H8F10O3S/c1-4(2,7(14,15)16)3(9)5(10,11)6(12,13)8(17,18)22(19,20)21/h3H,1-2H3,(H,19,20,21)/p-1. The third-order valence-electron chi connectivity index (χ3n) is 2.78. The highest BCUT2D eigenvalue weighted by atomic mass is 32.2. The zero-order valence-corrected chi connectivity index (χ0v) is 11.3. The van der Waals surface area contributed by atoms with Crippen molar-refractivity contribution in [3.05, 3.63) is 0 Å². The van der Waals surface area contributed by atoms with Crippen LogP contribution in [-0.2, 0) is 10.1 Å². The maximum Gasteiger partial charge on any atom is 0.402 e. The van der Waals surface area contributed by atoms with E-state index in [0.717, 1.165) is 0 Å². The lowest BCUT2D eigenvalue weighted by molar-refractivity contribution is -0.335. The van der Waals surface area contributed by atoms with Crippen molar-refractivity contribution in [1.82, 2.24) is 0 Å². The van der Waals surface area contributed by atoms with Gasteiger partial charge in [0.1, 0.15) is 0 Å². The quantitative estimate of drug-likeness (QED) is 0.549. The van der Waals surface area contributed by atoms with Gasteiger partial charge in [0.15, 0.2) is 16.3 Å². The summed E-state index contributed by atoms with van der Waals surface area (Å²) in [6, 6.07) is 0. The van der Waals surface area contributed by atoms with Crippen LogP contribution in [0.5, 0.6) is 0 Å². The molecule has 0 aliphatic rings. The van der Waals surface area contributed by atoms with Gasteiger partial charge in [-0.25, -0.2) is 12.8 Å². The van der Waals surface area contributed by atoms with E-state index in [1.807, 2.05) is 0 Å². The fourth-order valence-electron chi connectivity index (χ4n) is 1.11. The van der Waals surface area contributed by atoms with Gasteiger partial charge < -0.3 is 4.55 Å². The SMILES string of the molecule is CC(C)(C(F)C(F)(F)C(F)(F)C(F)(F)S(=O)(=O)[O-])C(F)(F)F. The van der Waals surface area contributed by atoms with Crippen LogP contribution in [0.15, 0.2) is 0 Å². The van der Waals surface area contributed by atoms with Crippen molar-refractivity contribution in [1.29, 1.82) is 0 Å². The van der Waals surface area contributed by atoms with E-state index in [2.05, 4.69) is 0 Å². The minimum Gasteiger partial charge on any atom is -0.743 e. The molecule has 0 radical (unpaired) electrons. The van der Waals surface area contributed by atoms with Gasteiger partial charge in [0.2, 0.25) is 0 Å². The summed E-state index contributed by atoms with van der Waals surface area (Å²) in [6.07, 6.45) is -10.8. The summed E-state index contributed by atoms with van der Waals surface area (Å²) in [5, 5.41) is -7.03. The first kappa shape index (κ1) is 21.2. The molecular weight excluding hydrogens is 366 g/mol. The minimum absolute atomic E-state index is 0.328. The average molecular weight is 373 g/mol. The number of hydrogen-bond acceptors (Lipinski definition) is 3. The van der Waals surface area contributed by atoms with Crippen molar-refractivity contribution in [2.45, 2.75) is 43.3 Å². The Kier molecular flexibility index (Phi) is 4.92. The van der Waals surface area contributed by atoms with Gasteiger partial charge in [0, 0.05) is 0 Å². The normalized spacial score (nSPS) is 17.5. The van der Waals surface area contributed by atoms with Crippen LogP contribution < -0.4 is 0 Å². The van der Waals surface area contributed by atoms with Gasteiger partial charge in [-0.2, -0.15) is 39.5 Å². The molecule has 3 nitrogen and oxygen atoms in total. The Morgan fingerprint density at radius 3 is 1.41 bits per heavy atom. The predicted octanol–water partition coefficient (Wildman–Crippen LogP) is 3.32. The molecule has 0 saturated carbocycles. The van der Waals surface area contributed by atoms with E-state index in [1.54, 1.807) is 0 Å². The first-order chi connectivity index (χ1) is 9.15. The first-order valence-corrected chi connectivity index (χ1v) is 6.36. The summed E-state index contributed by atoms with van der Waals surface area (Å²) >= 11 is 0. The van der Waals surface area contributed by atoms with Gasteiger partial charge in [0.05, 0.1) is 5.41 Å². The van der Waals surface area contributed by atoms with Crippen LogP contribution in [-0.4, -0.2) is 42.4 Å². The second-order valence-electron chi connectivity index (χ2n) is 4.75. The van der Waals surface area contributed by atoms with Crippen LogP contribution in [0.4, 0.5) is 43.9 Å². The largest absolute Gasteiger partial charge is 0.743 e. The van der Waals surface area contributed by atoms with E-state index in [0.29, 0.717) is 0 Å². The van der Waals surface area contributed by atoms with E-state index in [9.17, 15) is 56.9 Å². The molecule has 0 spiro atoms. The number of alkyl halides is 10. The summed E-state index contributed by atoms with van der Waals surface area (Å²) in [7, 11) is -7.42. The topological polar surface area (TPSA) is 57.2 Å². The van der Waals surface area contributed by atoms with Crippen molar-refractivity contribution in [2.75, 3.05) is 0 Å². The molecule has 0 aromatic heterocycles. The molecule has 1 atom stereocenters. The Morgan fingerprint density at radius 2 is 1.18 bits per heavy atom. The molecule has 0 aliphatic carbocycles. The Hall–Kier alpha value is -0.790.